The molecule has 1 heterocycles. The summed E-state index contributed by atoms with van der Waals surface area (Å²) >= 11 is 0. The van der Waals surface area contributed by atoms with Crippen molar-refractivity contribution in [3.63, 3.8) is 0 Å². The summed E-state index contributed by atoms with van der Waals surface area (Å²) in [6.45, 7) is 9.24. The fourth-order valence-corrected chi connectivity index (χ4v) is 3.24. The summed E-state index contributed by atoms with van der Waals surface area (Å²) in [5.74, 6) is 0.479. The molecule has 6 heteroatoms. The molecule has 0 aliphatic rings. The number of benzene rings is 2. The van der Waals surface area contributed by atoms with Crippen molar-refractivity contribution < 1.29 is 4.79 Å². The van der Waals surface area contributed by atoms with Crippen LogP contribution in [0.1, 0.15) is 38.1 Å². The number of carbonyl (C=O) groups is 1. The Morgan fingerprint density at radius 3 is 2.50 bits per heavy atom. The Balaban J connectivity index is 2.39. The number of rotatable bonds is 5. The number of allylic oxidation sites excluding steroid dienone is 1. The lowest BCUT2D eigenvalue weighted by molar-refractivity contribution is -0.114. The molecule has 3 rings (SSSR count). The van der Waals surface area contributed by atoms with Gasteiger partial charge in [-0.15, -0.1) is 6.58 Å². The molecule has 0 fully saturated rings. The summed E-state index contributed by atoms with van der Waals surface area (Å²) < 4.78 is 1.63. The molecular formula is C22H24N4O2. The van der Waals surface area contributed by atoms with Crippen molar-refractivity contribution in [2.24, 2.45) is 0 Å². The average molecular weight is 376 g/mol. The Labute approximate surface area is 163 Å². The van der Waals surface area contributed by atoms with Crippen LogP contribution in [0.2, 0.25) is 0 Å². The monoisotopic (exact) mass is 376 g/mol. The van der Waals surface area contributed by atoms with Crippen LogP contribution in [0.15, 0.2) is 53.8 Å². The maximum atomic E-state index is 13.4. The lowest BCUT2D eigenvalue weighted by atomic mass is 10.0. The summed E-state index contributed by atoms with van der Waals surface area (Å²) in [5, 5.41) is 3.31. The second-order valence-electron chi connectivity index (χ2n) is 7.02. The van der Waals surface area contributed by atoms with Crippen molar-refractivity contribution in [2.45, 2.75) is 33.1 Å². The molecular weight excluding hydrogens is 352 g/mol. The molecule has 0 aliphatic carbocycles. The van der Waals surface area contributed by atoms with Gasteiger partial charge in [0.05, 0.1) is 16.6 Å². The zero-order valence-electron chi connectivity index (χ0n) is 16.3. The molecule has 0 saturated carbocycles. The summed E-state index contributed by atoms with van der Waals surface area (Å²) in [6.07, 6.45) is 2.23. The number of anilines is 2. The maximum absolute atomic E-state index is 13.4. The lowest BCUT2D eigenvalue weighted by Gasteiger charge is -2.18. The van der Waals surface area contributed by atoms with Gasteiger partial charge >= 0.3 is 0 Å². The normalized spacial score (nSPS) is 11.0. The molecule has 1 aromatic heterocycles. The van der Waals surface area contributed by atoms with Gasteiger partial charge in [-0.25, -0.2) is 4.98 Å². The largest absolute Gasteiger partial charge is 0.399 e. The standard InChI is InChI=1S/C22H24N4O2/c1-5-6-17-19(24-14(4)27)12-11-18-20(17)25-21(13(2)3)26(22(18)28)16-9-7-15(23)8-10-16/h5,7-13H,1,6,23H2,2-4H3,(H,24,27). The SMILES string of the molecule is C=CCc1c(NC(C)=O)ccc2c(=O)n(-c3ccc(N)cc3)c(C(C)C)nc12. The molecule has 0 radical (unpaired) electrons. The van der Waals surface area contributed by atoms with Crippen LogP contribution in [0.4, 0.5) is 11.4 Å². The molecule has 1 amide bonds. The zero-order chi connectivity index (χ0) is 20.4. The van der Waals surface area contributed by atoms with Crippen LogP contribution >= 0.6 is 0 Å². The third kappa shape index (κ3) is 3.53. The van der Waals surface area contributed by atoms with Crippen molar-refractivity contribution in [1.82, 2.24) is 9.55 Å². The predicted molar refractivity (Wildman–Crippen MR) is 114 cm³/mol. The summed E-state index contributed by atoms with van der Waals surface area (Å²) in [6, 6.07) is 10.6. The second-order valence-corrected chi connectivity index (χ2v) is 7.02. The number of aromatic nitrogens is 2. The molecule has 0 unspecified atom stereocenters. The molecule has 6 nitrogen and oxygen atoms in total. The van der Waals surface area contributed by atoms with Gasteiger partial charge < -0.3 is 11.1 Å². The number of hydrogen-bond donors (Lipinski definition) is 2. The number of amides is 1. The highest BCUT2D eigenvalue weighted by molar-refractivity contribution is 5.94. The van der Waals surface area contributed by atoms with Gasteiger partial charge in [0.2, 0.25) is 5.91 Å². The average Bonchev–Trinajstić information content (AvgIpc) is 2.64. The quantitative estimate of drug-likeness (QED) is 0.524. The number of nitrogen functional groups attached to an aromatic ring is 1. The van der Waals surface area contributed by atoms with Crippen molar-refractivity contribution in [3.8, 4) is 5.69 Å². The first-order valence-corrected chi connectivity index (χ1v) is 9.16. The van der Waals surface area contributed by atoms with Crippen LogP contribution in [-0.4, -0.2) is 15.5 Å². The zero-order valence-corrected chi connectivity index (χ0v) is 16.3. The third-order valence-corrected chi connectivity index (χ3v) is 4.50. The molecule has 3 aromatic rings. The summed E-state index contributed by atoms with van der Waals surface area (Å²) in [5.41, 5.74) is 9.00. The predicted octanol–water partition coefficient (Wildman–Crippen LogP) is 3.78. The van der Waals surface area contributed by atoms with Crippen LogP contribution in [-0.2, 0) is 11.2 Å². The highest BCUT2D eigenvalue weighted by atomic mass is 16.1. The molecule has 144 valence electrons. The number of nitrogens with one attached hydrogen (secondary N) is 1. The third-order valence-electron chi connectivity index (χ3n) is 4.50. The minimum absolute atomic E-state index is 0.00987. The molecule has 0 saturated heterocycles. The van der Waals surface area contributed by atoms with E-state index in [1.807, 2.05) is 26.0 Å². The Bertz CT molecular complexity index is 1110. The van der Waals surface area contributed by atoms with Crippen molar-refractivity contribution in [1.29, 1.82) is 0 Å². The van der Waals surface area contributed by atoms with Gasteiger partial charge in [-0.1, -0.05) is 19.9 Å². The van der Waals surface area contributed by atoms with Gasteiger partial charge in [-0.05, 0) is 42.8 Å². The molecule has 2 aromatic carbocycles. The summed E-state index contributed by atoms with van der Waals surface area (Å²) in [4.78, 5) is 29.8. The Kier molecular flexibility index (Phi) is 5.31. The maximum Gasteiger partial charge on any atom is 0.265 e. The van der Waals surface area contributed by atoms with Crippen molar-refractivity contribution >= 4 is 28.2 Å². The molecule has 0 atom stereocenters. The minimum atomic E-state index is -0.177. The summed E-state index contributed by atoms with van der Waals surface area (Å²) in [7, 11) is 0. The van der Waals surface area contributed by atoms with Crippen LogP contribution < -0.4 is 16.6 Å². The van der Waals surface area contributed by atoms with Gasteiger partial charge in [0.15, 0.2) is 0 Å². The van der Waals surface area contributed by atoms with Crippen LogP contribution in [0.25, 0.3) is 16.6 Å². The van der Waals surface area contributed by atoms with Crippen LogP contribution in [0.3, 0.4) is 0 Å². The number of carbonyl (C=O) groups excluding carboxylic acids is 1. The Morgan fingerprint density at radius 1 is 1.25 bits per heavy atom. The second kappa shape index (κ2) is 7.68. The number of hydrogen-bond acceptors (Lipinski definition) is 4. The van der Waals surface area contributed by atoms with E-state index in [4.69, 9.17) is 10.7 Å². The van der Waals surface area contributed by atoms with E-state index in [1.54, 1.807) is 34.9 Å². The molecule has 0 bridgehead atoms. The van der Waals surface area contributed by atoms with Crippen LogP contribution in [0, 0.1) is 0 Å². The molecule has 0 spiro atoms. The van der Waals surface area contributed by atoms with Gasteiger partial charge in [-0.2, -0.15) is 0 Å². The van der Waals surface area contributed by atoms with Crippen molar-refractivity contribution in [2.75, 3.05) is 11.1 Å². The van der Waals surface area contributed by atoms with E-state index >= 15 is 0 Å². The Morgan fingerprint density at radius 2 is 1.93 bits per heavy atom. The molecule has 3 N–H and O–H groups in total. The van der Waals surface area contributed by atoms with Crippen molar-refractivity contribution in [3.05, 3.63) is 70.8 Å². The fraction of sp³-hybridized carbons (Fsp3) is 0.227. The first kappa shape index (κ1) is 19.4. The molecule has 28 heavy (non-hydrogen) atoms. The first-order chi connectivity index (χ1) is 13.3. The van der Waals surface area contributed by atoms with Gasteiger partial charge in [-0.3, -0.25) is 14.2 Å². The van der Waals surface area contributed by atoms with E-state index in [-0.39, 0.29) is 17.4 Å². The lowest BCUT2D eigenvalue weighted by Crippen LogP contribution is -2.25. The van der Waals surface area contributed by atoms with E-state index in [9.17, 15) is 9.59 Å². The smallest absolute Gasteiger partial charge is 0.265 e. The van der Waals surface area contributed by atoms with Gasteiger partial charge in [0, 0.05) is 29.8 Å². The van der Waals surface area contributed by atoms with E-state index in [2.05, 4.69) is 11.9 Å². The minimum Gasteiger partial charge on any atom is -0.399 e. The van der Waals surface area contributed by atoms with E-state index in [0.717, 1.165) is 5.56 Å². The van der Waals surface area contributed by atoms with Gasteiger partial charge in [0.25, 0.3) is 5.56 Å². The van der Waals surface area contributed by atoms with Crippen LogP contribution in [0.5, 0.6) is 0 Å². The number of fused-ring (bicyclic) bond motifs is 1. The Hall–Kier alpha value is -3.41. The number of nitrogens with zero attached hydrogens (tertiary/aromatic N) is 2. The van der Waals surface area contributed by atoms with E-state index in [1.165, 1.54) is 6.92 Å². The molecule has 0 aliphatic heterocycles. The topological polar surface area (TPSA) is 90.0 Å². The fourth-order valence-electron chi connectivity index (χ4n) is 3.24. The highest BCUT2D eigenvalue weighted by Gasteiger charge is 2.19. The van der Waals surface area contributed by atoms with E-state index in [0.29, 0.717) is 40.2 Å². The first-order valence-electron chi connectivity index (χ1n) is 9.16. The highest BCUT2D eigenvalue weighted by Crippen LogP contribution is 2.27. The van der Waals surface area contributed by atoms with E-state index < -0.39 is 0 Å². The van der Waals surface area contributed by atoms with Gasteiger partial charge in [0.1, 0.15) is 5.82 Å². The number of nitrogens with two attached hydrogens (primary N) is 1.